The van der Waals surface area contributed by atoms with Crippen LogP contribution >= 0.6 is 11.6 Å². The van der Waals surface area contributed by atoms with Gasteiger partial charge in [0.05, 0.1) is 10.7 Å². The Bertz CT molecular complexity index is 540. The Morgan fingerprint density at radius 2 is 1.94 bits per heavy atom. The monoisotopic (exact) mass is 268 g/mol. The molecule has 4 N–H and O–H groups in total. The van der Waals surface area contributed by atoms with Crippen molar-refractivity contribution in [1.29, 1.82) is 0 Å². The van der Waals surface area contributed by atoms with Gasteiger partial charge in [-0.3, -0.25) is 9.59 Å². The first-order chi connectivity index (χ1) is 8.40. The number of amides is 2. The van der Waals surface area contributed by atoms with Crippen LogP contribution in [0.4, 0.5) is 5.69 Å². The molecule has 0 unspecified atom stereocenters. The molecule has 0 bridgehead atoms. The van der Waals surface area contributed by atoms with Crippen LogP contribution in [0.2, 0.25) is 5.02 Å². The van der Waals surface area contributed by atoms with Crippen molar-refractivity contribution in [3.63, 3.8) is 0 Å². The van der Waals surface area contributed by atoms with Crippen molar-refractivity contribution in [2.75, 3.05) is 5.32 Å². The van der Waals surface area contributed by atoms with Crippen LogP contribution < -0.4 is 11.1 Å². The summed E-state index contributed by atoms with van der Waals surface area (Å²) in [5.41, 5.74) is 5.43. The number of hydrogen-bond donors (Lipinski definition) is 3. The summed E-state index contributed by atoms with van der Waals surface area (Å²) in [5, 5.41) is 10.9. The lowest BCUT2D eigenvalue weighted by molar-refractivity contribution is -0.131. The number of nitrogens with two attached hydrogens (primary N) is 1. The highest BCUT2D eigenvalue weighted by Gasteiger charge is 2.07. The molecule has 0 aliphatic rings. The number of carbonyl (C=O) groups is 3. The summed E-state index contributed by atoms with van der Waals surface area (Å²) in [4.78, 5) is 32.5. The summed E-state index contributed by atoms with van der Waals surface area (Å²) in [7, 11) is 0. The minimum Gasteiger partial charge on any atom is -0.478 e. The van der Waals surface area contributed by atoms with Crippen molar-refractivity contribution in [3.8, 4) is 0 Å². The molecule has 18 heavy (non-hydrogen) atoms. The molecule has 1 rings (SSSR count). The van der Waals surface area contributed by atoms with E-state index >= 15 is 0 Å². The summed E-state index contributed by atoms with van der Waals surface area (Å²) in [5.74, 6) is -2.59. The molecule has 1 aromatic rings. The van der Waals surface area contributed by atoms with Gasteiger partial charge in [-0.05, 0) is 18.2 Å². The maximum Gasteiger partial charge on any atom is 0.328 e. The number of carbonyl (C=O) groups excluding carboxylic acids is 2. The minimum absolute atomic E-state index is 0.174. The summed E-state index contributed by atoms with van der Waals surface area (Å²) in [6.07, 6.45) is 1.51. The lowest BCUT2D eigenvalue weighted by Crippen LogP contribution is -2.13. The molecule has 1 aromatic carbocycles. The van der Waals surface area contributed by atoms with Gasteiger partial charge in [0.2, 0.25) is 11.8 Å². The number of primary amides is 1. The highest BCUT2D eigenvalue weighted by Crippen LogP contribution is 2.22. The van der Waals surface area contributed by atoms with Crippen LogP contribution in [0.1, 0.15) is 10.4 Å². The zero-order valence-electron chi connectivity index (χ0n) is 9.01. The predicted molar refractivity (Wildman–Crippen MR) is 65.4 cm³/mol. The first-order valence-corrected chi connectivity index (χ1v) is 5.09. The summed E-state index contributed by atoms with van der Waals surface area (Å²) in [6, 6.07) is 4.11. The Morgan fingerprint density at radius 3 is 2.50 bits per heavy atom. The van der Waals surface area contributed by atoms with Gasteiger partial charge in [0.25, 0.3) is 0 Å². The first kappa shape index (κ1) is 13.7. The van der Waals surface area contributed by atoms with E-state index in [0.29, 0.717) is 6.08 Å². The molecule has 94 valence electrons. The van der Waals surface area contributed by atoms with Crippen LogP contribution in [0.3, 0.4) is 0 Å². The maximum absolute atomic E-state index is 11.3. The van der Waals surface area contributed by atoms with E-state index in [1.165, 1.54) is 18.2 Å². The largest absolute Gasteiger partial charge is 0.478 e. The standard InChI is InChI=1S/C11H9ClN2O4/c12-7-2-1-6(11(13)18)5-8(7)14-9(15)3-4-10(16)17/h1-5H,(H2,13,18)(H,14,15)(H,16,17)/b4-3+. The molecule has 0 fully saturated rings. The average molecular weight is 269 g/mol. The van der Waals surface area contributed by atoms with Gasteiger partial charge in [0.1, 0.15) is 0 Å². The Balaban J connectivity index is 2.90. The number of carboxylic acids is 1. The molecule has 6 nitrogen and oxygen atoms in total. The number of anilines is 1. The molecular weight excluding hydrogens is 260 g/mol. The lowest BCUT2D eigenvalue weighted by atomic mass is 10.2. The zero-order valence-corrected chi connectivity index (χ0v) is 9.77. The normalized spacial score (nSPS) is 10.3. The molecule has 0 saturated heterocycles. The second kappa shape index (κ2) is 5.83. The summed E-state index contributed by atoms with van der Waals surface area (Å²) >= 11 is 5.80. The van der Waals surface area contributed by atoms with Crippen LogP contribution in [-0.4, -0.2) is 22.9 Å². The summed E-state index contributed by atoms with van der Waals surface area (Å²) < 4.78 is 0. The van der Waals surface area contributed by atoms with Crippen molar-refractivity contribution in [3.05, 3.63) is 40.9 Å². The van der Waals surface area contributed by atoms with Crippen LogP contribution in [0.25, 0.3) is 0 Å². The second-order valence-corrected chi connectivity index (χ2v) is 3.63. The van der Waals surface area contributed by atoms with Gasteiger partial charge in [0, 0.05) is 17.7 Å². The molecule has 0 aliphatic heterocycles. The smallest absolute Gasteiger partial charge is 0.328 e. The molecular formula is C11H9ClN2O4. The highest BCUT2D eigenvalue weighted by molar-refractivity contribution is 6.34. The number of rotatable bonds is 4. The third-order valence-electron chi connectivity index (χ3n) is 1.89. The first-order valence-electron chi connectivity index (χ1n) is 4.71. The number of hydrogen-bond acceptors (Lipinski definition) is 3. The molecule has 0 saturated carbocycles. The summed E-state index contributed by atoms with van der Waals surface area (Å²) in [6.45, 7) is 0. The van der Waals surface area contributed by atoms with Crippen LogP contribution in [0.15, 0.2) is 30.4 Å². The van der Waals surface area contributed by atoms with Gasteiger partial charge in [0.15, 0.2) is 0 Å². The van der Waals surface area contributed by atoms with E-state index in [1.807, 2.05) is 0 Å². The quantitative estimate of drug-likeness (QED) is 0.708. The Labute approximate surface area is 107 Å². The van der Waals surface area contributed by atoms with Gasteiger partial charge in [-0.1, -0.05) is 11.6 Å². The van der Waals surface area contributed by atoms with Crippen molar-refractivity contribution in [2.45, 2.75) is 0 Å². The van der Waals surface area contributed by atoms with Crippen molar-refractivity contribution in [2.24, 2.45) is 5.73 Å². The Kier molecular flexibility index (Phi) is 4.45. The zero-order chi connectivity index (χ0) is 13.7. The van der Waals surface area contributed by atoms with Crippen molar-refractivity contribution >= 4 is 35.1 Å². The van der Waals surface area contributed by atoms with Gasteiger partial charge in [-0.2, -0.15) is 0 Å². The van der Waals surface area contributed by atoms with E-state index in [-0.39, 0.29) is 16.3 Å². The average Bonchev–Trinajstić information content (AvgIpc) is 2.29. The molecule has 0 aliphatic carbocycles. The van der Waals surface area contributed by atoms with Crippen LogP contribution in [-0.2, 0) is 9.59 Å². The number of nitrogens with one attached hydrogen (secondary N) is 1. The molecule has 0 aromatic heterocycles. The molecule has 7 heteroatoms. The molecule has 0 spiro atoms. The van der Waals surface area contributed by atoms with E-state index in [4.69, 9.17) is 22.4 Å². The van der Waals surface area contributed by atoms with E-state index in [1.54, 1.807) is 0 Å². The van der Waals surface area contributed by atoms with E-state index in [2.05, 4.69) is 5.32 Å². The topological polar surface area (TPSA) is 109 Å². The van der Waals surface area contributed by atoms with E-state index in [0.717, 1.165) is 6.08 Å². The number of aliphatic carboxylic acids is 1. The third-order valence-corrected chi connectivity index (χ3v) is 2.22. The van der Waals surface area contributed by atoms with Crippen LogP contribution in [0, 0.1) is 0 Å². The Hall–Kier alpha value is -2.34. The van der Waals surface area contributed by atoms with Crippen molar-refractivity contribution < 1.29 is 19.5 Å². The minimum atomic E-state index is -1.25. The highest BCUT2D eigenvalue weighted by atomic mass is 35.5. The van der Waals surface area contributed by atoms with Crippen molar-refractivity contribution in [1.82, 2.24) is 0 Å². The SMILES string of the molecule is NC(=O)c1ccc(Cl)c(NC(=O)/C=C/C(=O)O)c1. The van der Waals surface area contributed by atoms with E-state index in [9.17, 15) is 14.4 Å². The number of halogens is 1. The van der Waals surface area contributed by atoms with Gasteiger partial charge >= 0.3 is 5.97 Å². The fraction of sp³-hybridized carbons (Fsp3) is 0. The Morgan fingerprint density at radius 1 is 1.28 bits per heavy atom. The number of benzene rings is 1. The van der Waals surface area contributed by atoms with Crippen LogP contribution in [0.5, 0.6) is 0 Å². The lowest BCUT2D eigenvalue weighted by Gasteiger charge is -2.06. The van der Waals surface area contributed by atoms with Gasteiger partial charge in [-0.15, -0.1) is 0 Å². The maximum atomic E-state index is 11.3. The molecule has 0 atom stereocenters. The number of carboxylic acid groups (broad SMARTS) is 1. The van der Waals surface area contributed by atoms with Gasteiger partial charge < -0.3 is 16.2 Å². The van der Waals surface area contributed by atoms with E-state index < -0.39 is 17.8 Å². The molecule has 2 amide bonds. The predicted octanol–water partition coefficient (Wildman–Crippen LogP) is 1.02. The molecule has 0 heterocycles. The molecule has 0 radical (unpaired) electrons. The second-order valence-electron chi connectivity index (χ2n) is 3.22. The van der Waals surface area contributed by atoms with Gasteiger partial charge in [-0.25, -0.2) is 4.79 Å². The fourth-order valence-electron chi connectivity index (χ4n) is 1.10. The third kappa shape index (κ3) is 3.91. The fourth-order valence-corrected chi connectivity index (χ4v) is 1.26.